The van der Waals surface area contributed by atoms with E-state index in [2.05, 4.69) is 30.8 Å². The second-order valence-electron chi connectivity index (χ2n) is 7.28. The fraction of sp³-hybridized carbons (Fsp3) is 0.333. The normalized spacial score (nSPS) is 15.3. The second-order valence-corrected chi connectivity index (χ2v) is 8.35. The van der Waals surface area contributed by atoms with E-state index in [-0.39, 0.29) is 17.4 Å². The van der Waals surface area contributed by atoms with Crippen molar-refractivity contribution >= 4 is 22.9 Å². The number of aryl methyl sites for hydroxylation is 1. The lowest BCUT2D eigenvalue weighted by atomic mass is 9.95. The molecule has 1 amide bonds. The number of benzene rings is 1. The third kappa shape index (κ3) is 4.96. The van der Waals surface area contributed by atoms with Gasteiger partial charge < -0.3 is 5.32 Å². The Morgan fingerprint density at radius 1 is 1.28 bits per heavy atom. The summed E-state index contributed by atoms with van der Waals surface area (Å²) in [6.07, 6.45) is 1.69. The average Bonchev–Trinajstić information content (AvgIpc) is 3.14. The minimum atomic E-state index is -0.241. The molecule has 7 nitrogen and oxygen atoms in total. The summed E-state index contributed by atoms with van der Waals surface area (Å²) >= 11 is 1.68. The Morgan fingerprint density at radius 2 is 2.10 bits per heavy atom. The van der Waals surface area contributed by atoms with Crippen molar-refractivity contribution in [2.24, 2.45) is 5.92 Å². The number of carbonyl (C=O) groups excluding carboxylic acids is 1. The molecule has 29 heavy (non-hydrogen) atoms. The van der Waals surface area contributed by atoms with Crippen LogP contribution in [0.4, 0.5) is 5.69 Å². The van der Waals surface area contributed by atoms with Crippen molar-refractivity contribution < 1.29 is 4.79 Å². The van der Waals surface area contributed by atoms with Crippen molar-refractivity contribution in [2.75, 3.05) is 18.4 Å². The van der Waals surface area contributed by atoms with Gasteiger partial charge in [-0.15, -0.1) is 11.3 Å². The number of H-pyrrole nitrogens is 1. The first-order valence-electron chi connectivity index (χ1n) is 9.67. The van der Waals surface area contributed by atoms with Crippen LogP contribution in [0.25, 0.3) is 11.3 Å². The monoisotopic (exact) mass is 409 g/mol. The first-order valence-corrected chi connectivity index (χ1v) is 10.6. The number of nitrogens with one attached hydrogen (secondary N) is 2. The van der Waals surface area contributed by atoms with E-state index in [1.165, 1.54) is 6.07 Å². The number of nitrogens with zero attached hydrogens (tertiary/aromatic N) is 3. The summed E-state index contributed by atoms with van der Waals surface area (Å²) in [6, 6.07) is 10.6. The number of aromatic amines is 1. The van der Waals surface area contributed by atoms with Crippen LogP contribution in [0.5, 0.6) is 0 Å². The molecular weight excluding hydrogens is 386 g/mol. The van der Waals surface area contributed by atoms with E-state index in [0.29, 0.717) is 5.69 Å². The van der Waals surface area contributed by atoms with Crippen LogP contribution in [0.1, 0.15) is 23.5 Å². The van der Waals surface area contributed by atoms with Gasteiger partial charge in [-0.3, -0.25) is 14.5 Å². The number of carbonyl (C=O) groups is 1. The van der Waals surface area contributed by atoms with E-state index < -0.39 is 0 Å². The third-order valence-corrected chi connectivity index (χ3v) is 5.94. The van der Waals surface area contributed by atoms with Gasteiger partial charge in [0.15, 0.2) is 0 Å². The summed E-state index contributed by atoms with van der Waals surface area (Å²) in [5.41, 5.74) is 3.11. The molecule has 1 aromatic carbocycles. The summed E-state index contributed by atoms with van der Waals surface area (Å²) in [4.78, 5) is 30.8. The van der Waals surface area contributed by atoms with Crippen LogP contribution >= 0.6 is 11.3 Å². The number of amides is 1. The second kappa shape index (κ2) is 8.67. The Bertz CT molecular complexity index is 1030. The molecule has 0 unspecified atom stereocenters. The summed E-state index contributed by atoms with van der Waals surface area (Å²) in [5.74, 6) is 0.0685. The lowest BCUT2D eigenvalue weighted by Crippen LogP contribution is -2.37. The first-order chi connectivity index (χ1) is 14.1. The molecule has 2 N–H and O–H groups in total. The maximum atomic E-state index is 12.7. The third-order valence-electron chi connectivity index (χ3n) is 5.12. The molecule has 0 bridgehead atoms. The highest BCUT2D eigenvalue weighted by Crippen LogP contribution is 2.23. The Hall–Kier alpha value is -2.84. The van der Waals surface area contributed by atoms with Crippen LogP contribution in [-0.2, 0) is 11.3 Å². The summed E-state index contributed by atoms with van der Waals surface area (Å²) in [5, 5.41) is 12.7. The molecule has 1 saturated heterocycles. The van der Waals surface area contributed by atoms with Crippen LogP contribution < -0.4 is 10.9 Å². The Morgan fingerprint density at radius 3 is 2.79 bits per heavy atom. The van der Waals surface area contributed by atoms with Crippen LogP contribution in [0.3, 0.4) is 0 Å². The maximum Gasteiger partial charge on any atom is 0.264 e. The number of thiazole rings is 1. The number of anilines is 1. The van der Waals surface area contributed by atoms with E-state index >= 15 is 0 Å². The van der Waals surface area contributed by atoms with Crippen LogP contribution in [0, 0.1) is 12.8 Å². The molecule has 0 spiro atoms. The predicted molar refractivity (Wildman–Crippen MR) is 114 cm³/mol. The van der Waals surface area contributed by atoms with Gasteiger partial charge in [-0.25, -0.2) is 10.1 Å². The molecule has 0 aliphatic carbocycles. The Balaban J connectivity index is 1.33. The largest absolute Gasteiger partial charge is 0.326 e. The van der Waals surface area contributed by atoms with E-state index in [1.54, 1.807) is 17.4 Å². The van der Waals surface area contributed by atoms with Gasteiger partial charge >= 0.3 is 0 Å². The van der Waals surface area contributed by atoms with Gasteiger partial charge in [-0.2, -0.15) is 5.10 Å². The highest BCUT2D eigenvalue weighted by molar-refractivity contribution is 7.09. The lowest BCUT2D eigenvalue weighted by Gasteiger charge is -2.30. The molecule has 4 rings (SSSR count). The SMILES string of the molecule is Cc1nc(CN2CCC(C(=O)Nc3cccc(-c4ccc(=O)[nH]n4)c3)CC2)cs1. The van der Waals surface area contributed by atoms with Crippen molar-refractivity contribution in [1.29, 1.82) is 0 Å². The lowest BCUT2D eigenvalue weighted by molar-refractivity contribution is -0.121. The fourth-order valence-corrected chi connectivity index (χ4v) is 4.17. The van der Waals surface area contributed by atoms with Gasteiger partial charge in [0, 0.05) is 35.2 Å². The zero-order chi connectivity index (χ0) is 20.2. The van der Waals surface area contributed by atoms with Crippen molar-refractivity contribution in [3.63, 3.8) is 0 Å². The quantitative estimate of drug-likeness (QED) is 0.676. The highest BCUT2D eigenvalue weighted by atomic mass is 32.1. The van der Waals surface area contributed by atoms with Gasteiger partial charge in [-0.1, -0.05) is 12.1 Å². The molecule has 1 aliphatic rings. The molecule has 8 heteroatoms. The number of hydrogen-bond donors (Lipinski definition) is 2. The molecule has 1 aliphatic heterocycles. The number of hydrogen-bond acceptors (Lipinski definition) is 6. The summed E-state index contributed by atoms with van der Waals surface area (Å²) in [7, 11) is 0. The smallest absolute Gasteiger partial charge is 0.264 e. The van der Waals surface area contributed by atoms with Gasteiger partial charge in [0.25, 0.3) is 5.56 Å². The van der Waals surface area contributed by atoms with Gasteiger partial charge in [0.05, 0.1) is 16.4 Å². The zero-order valence-electron chi connectivity index (χ0n) is 16.2. The summed E-state index contributed by atoms with van der Waals surface area (Å²) in [6.45, 7) is 4.67. The van der Waals surface area contributed by atoms with E-state index in [1.807, 2.05) is 31.2 Å². The number of aromatic nitrogens is 3. The van der Waals surface area contributed by atoms with Gasteiger partial charge in [-0.05, 0) is 51.1 Å². The molecular formula is C21H23N5O2S. The van der Waals surface area contributed by atoms with Crippen molar-refractivity contribution in [3.8, 4) is 11.3 Å². The Kier molecular flexibility index (Phi) is 5.82. The highest BCUT2D eigenvalue weighted by Gasteiger charge is 2.25. The minimum absolute atomic E-state index is 0.0123. The molecule has 3 heterocycles. The molecule has 0 radical (unpaired) electrons. The number of piperidine rings is 1. The summed E-state index contributed by atoms with van der Waals surface area (Å²) < 4.78 is 0. The predicted octanol–water partition coefficient (Wildman–Crippen LogP) is 3.05. The number of rotatable bonds is 5. The molecule has 150 valence electrons. The van der Waals surface area contributed by atoms with Crippen molar-refractivity contribution in [1.82, 2.24) is 20.1 Å². The van der Waals surface area contributed by atoms with Crippen molar-refractivity contribution in [2.45, 2.75) is 26.3 Å². The molecule has 0 saturated carbocycles. The van der Waals surface area contributed by atoms with Crippen LogP contribution in [-0.4, -0.2) is 39.1 Å². The average molecular weight is 410 g/mol. The standard InChI is InChI=1S/C21H23N5O2S/c1-14-22-18(13-29-14)12-26-9-7-15(8-10-26)21(28)23-17-4-2-3-16(11-17)19-5-6-20(27)25-24-19/h2-6,11,13,15H,7-10,12H2,1H3,(H,23,28)(H,25,27). The fourth-order valence-electron chi connectivity index (χ4n) is 3.57. The zero-order valence-corrected chi connectivity index (χ0v) is 17.0. The molecule has 0 atom stereocenters. The van der Waals surface area contributed by atoms with Crippen molar-refractivity contribution in [3.05, 3.63) is 62.8 Å². The van der Waals surface area contributed by atoms with E-state index in [9.17, 15) is 9.59 Å². The molecule has 3 aromatic rings. The Labute approximate surface area is 172 Å². The molecule has 1 fully saturated rings. The van der Waals surface area contributed by atoms with Crippen LogP contribution in [0.2, 0.25) is 0 Å². The minimum Gasteiger partial charge on any atom is -0.326 e. The maximum absolute atomic E-state index is 12.7. The van der Waals surface area contributed by atoms with Crippen LogP contribution in [0.15, 0.2) is 46.6 Å². The van der Waals surface area contributed by atoms with E-state index in [0.717, 1.165) is 54.4 Å². The number of likely N-dealkylation sites (tertiary alicyclic amines) is 1. The first kappa shape index (κ1) is 19.5. The topological polar surface area (TPSA) is 91.0 Å². The van der Waals surface area contributed by atoms with E-state index in [4.69, 9.17) is 0 Å². The van der Waals surface area contributed by atoms with Gasteiger partial charge in [0.2, 0.25) is 5.91 Å². The van der Waals surface area contributed by atoms with Gasteiger partial charge in [0.1, 0.15) is 0 Å². The molecule has 2 aromatic heterocycles.